The van der Waals surface area contributed by atoms with E-state index >= 15 is 0 Å². The number of aromatic carboxylic acids is 1. The minimum Gasteiger partial charge on any atom is -0.478 e. The molecular formula is C19H21F3N2O3S. The van der Waals surface area contributed by atoms with Gasteiger partial charge < -0.3 is 9.84 Å². The Bertz CT molecular complexity index is 907. The summed E-state index contributed by atoms with van der Waals surface area (Å²) in [7, 11) is 0. The number of nitrogens with two attached hydrogens (primary N) is 1. The second-order valence-electron chi connectivity index (χ2n) is 7.60. The van der Waals surface area contributed by atoms with E-state index in [1.807, 2.05) is 0 Å². The van der Waals surface area contributed by atoms with Crippen LogP contribution in [-0.2, 0) is 19.4 Å². The number of halogens is 3. The van der Waals surface area contributed by atoms with E-state index < -0.39 is 12.3 Å². The van der Waals surface area contributed by atoms with Crippen molar-refractivity contribution in [3.05, 3.63) is 39.8 Å². The predicted molar refractivity (Wildman–Crippen MR) is 100 cm³/mol. The predicted octanol–water partition coefficient (Wildman–Crippen LogP) is 4.49. The van der Waals surface area contributed by atoms with Crippen LogP contribution in [0, 0.1) is 5.41 Å². The van der Waals surface area contributed by atoms with E-state index in [0.29, 0.717) is 22.4 Å². The topological polar surface area (TPSA) is 84.6 Å². The third-order valence-electron chi connectivity index (χ3n) is 4.84. The van der Waals surface area contributed by atoms with Crippen LogP contribution < -0.4 is 16.0 Å². The molecule has 0 unspecified atom stereocenters. The first-order valence-electron chi connectivity index (χ1n) is 8.71. The maximum absolute atomic E-state index is 12.5. The van der Waals surface area contributed by atoms with Crippen LogP contribution in [0.2, 0.25) is 0 Å². The van der Waals surface area contributed by atoms with Crippen LogP contribution in [-0.4, -0.2) is 17.4 Å². The summed E-state index contributed by atoms with van der Waals surface area (Å²) in [5.74, 6) is 3.98. The van der Waals surface area contributed by atoms with Crippen LogP contribution >= 0.6 is 11.3 Å². The number of carboxylic acid groups (broad SMARTS) is 1. The molecule has 0 saturated heterocycles. The average molecular weight is 414 g/mol. The normalized spacial score (nSPS) is 15.9. The molecule has 1 aromatic heterocycles. The molecule has 28 heavy (non-hydrogen) atoms. The van der Waals surface area contributed by atoms with E-state index in [9.17, 15) is 23.1 Å². The van der Waals surface area contributed by atoms with Crippen LogP contribution in [0.4, 0.5) is 13.2 Å². The number of nitrogens with one attached hydrogen (secondary N) is 1. The van der Waals surface area contributed by atoms with Gasteiger partial charge in [0.15, 0.2) is 0 Å². The minimum atomic E-state index is -4.81. The first-order chi connectivity index (χ1) is 13.0. The standard InChI is InChI=1S/C19H21F3N2O3S/c1-18(2)6-5-14-13(8-18)15(17(25)26)16(28-14)12-4-3-11(27-19(20,21)22)7-10(12)9-24-23/h3-4,7,24H,5-6,8-9,23H2,1-2H3,(H,25,26). The number of aryl methyl sites for hydroxylation is 1. The van der Waals surface area contributed by atoms with Crippen molar-refractivity contribution in [3.8, 4) is 16.2 Å². The Kier molecular flexibility index (Phi) is 5.44. The first-order valence-corrected chi connectivity index (χ1v) is 9.53. The number of benzene rings is 1. The number of hydrazine groups is 1. The summed E-state index contributed by atoms with van der Waals surface area (Å²) >= 11 is 1.39. The second kappa shape index (κ2) is 7.38. The van der Waals surface area contributed by atoms with Gasteiger partial charge in [-0.3, -0.25) is 11.3 Å². The number of ether oxygens (including phenoxy) is 1. The monoisotopic (exact) mass is 414 g/mol. The van der Waals surface area contributed by atoms with Gasteiger partial charge >= 0.3 is 12.3 Å². The summed E-state index contributed by atoms with van der Waals surface area (Å²) in [5, 5.41) is 9.86. The van der Waals surface area contributed by atoms with E-state index in [1.165, 1.54) is 29.5 Å². The Morgan fingerprint density at radius 3 is 2.71 bits per heavy atom. The third-order valence-corrected chi connectivity index (χ3v) is 6.16. The van der Waals surface area contributed by atoms with Crippen molar-refractivity contribution in [1.82, 2.24) is 5.43 Å². The number of fused-ring (bicyclic) bond motifs is 1. The van der Waals surface area contributed by atoms with Crippen molar-refractivity contribution in [2.24, 2.45) is 11.3 Å². The van der Waals surface area contributed by atoms with Crippen LogP contribution in [0.5, 0.6) is 5.75 Å². The van der Waals surface area contributed by atoms with E-state index in [0.717, 1.165) is 23.3 Å². The highest BCUT2D eigenvalue weighted by atomic mass is 32.1. The maximum atomic E-state index is 12.5. The fourth-order valence-electron chi connectivity index (χ4n) is 3.58. The zero-order valence-electron chi connectivity index (χ0n) is 15.4. The molecule has 0 aliphatic heterocycles. The lowest BCUT2D eigenvalue weighted by molar-refractivity contribution is -0.274. The summed E-state index contributed by atoms with van der Waals surface area (Å²) in [6.07, 6.45) is -2.42. The lowest BCUT2D eigenvalue weighted by Crippen LogP contribution is -2.22. The summed E-state index contributed by atoms with van der Waals surface area (Å²) in [4.78, 5) is 13.6. The molecule has 5 nitrogen and oxygen atoms in total. The SMILES string of the molecule is CC1(C)CCc2sc(-c3ccc(OC(F)(F)F)cc3CNN)c(C(=O)O)c2C1. The molecule has 1 aliphatic rings. The fourth-order valence-corrected chi connectivity index (χ4v) is 4.95. The number of hydrogen-bond acceptors (Lipinski definition) is 5. The molecule has 0 radical (unpaired) electrons. The lowest BCUT2D eigenvalue weighted by atomic mass is 9.76. The van der Waals surface area contributed by atoms with Gasteiger partial charge in [-0.15, -0.1) is 24.5 Å². The van der Waals surface area contributed by atoms with Crippen molar-refractivity contribution in [2.75, 3.05) is 0 Å². The van der Waals surface area contributed by atoms with Crippen LogP contribution in [0.3, 0.4) is 0 Å². The van der Waals surface area contributed by atoms with Crippen molar-refractivity contribution >= 4 is 17.3 Å². The Hall–Kier alpha value is -2.10. The molecule has 1 aromatic carbocycles. The molecule has 1 heterocycles. The summed E-state index contributed by atoms with van der Waals surface area (Å²) in [6.45, 7) is 4.27. The quantitative estimate of drug-likeness (QED) is 0.496. The van der Waals surface area contributed by atoms with Crippen LogP contribution in [0.1, 0.15) is 46.6 Å². The Morgan fingerprint density at radius 2 is 2.11 bits per heavy atom. The molecule has 0 bridgehead atoms. The van der Waals surface area contributed by atoms with Gasteiger partial charge in [0.25, 0.3) is 0 Å². The smallest absolute Gasteiger partial charge is 0.478 e. The molecule has 0 saturated carbocycles. The van der Waals surface area contributed by atoms with E-state index in [1.54, 1.807) is 0 Å². The number of hydrogen-bond donors (Lipinski definition) is 3. The van der Waals surface area contributed by atoms with E-state index in [-0.39, 0.29) is 23.3 Å². The van der Waals surface area contributed by atoms with Crippen molar-refractivity contribution in [2.45, 2.75) is 46.0 Å². The number of carbonyl (C=O) groups is 1. The fraction of sp³-hybridized carbons (Fsp3) is 0.421. The zero-order chi connectivity index (χ0) is 20.7. The second-order valence-corrected chi connectivity index (χ2v) is 8.71. The highest BCUT2D eigenvalue weighted by Gasteiger charge is 2.34. The molecule has 0 atom stereocenters. The molecule has 4 N–H and O–H groups in total. The van der Waals surface area contributed by atoms with Gasteiger partial charge in [0.05, 0.1) is 5.56 Å². The van der Waals surface area contributed by atoms with Crippen molar-refractivity contribution < 1.29 is 27.8 Å². The summed E-state index contributed by atoms with van der Waals surface area (Å²) in [6, 6.07) is 3.89. The average Bonchev–Trinajstić information content (AvgIpc) is 2.91. The van der Waals surface area contributed by atoms with Crippen LogP contribution in [0.15, 0.2) is 18.2 Å². The number of rotatable bonds is 5. The van der Waals surface area contributed by atoms with Gasteiger partial charge in [-0.25, -0.2) is 4.79 Å². The molecule has 1 aliphatic carbocycles. The Balaban J connectivity index is 2.13. The van der Waals surface area contributed by atoms with Gasteiger partial charge in [-0.2, -0.15) is 0 Å². The molecule has 0 amide bonds. The van der Waals surface area contributed by atoms with E-state index in [2.05, 4.69) is 24.0 Å². The molecule has 9 heteroatoms. The molecule has 0 spiro atoms. The molecular weight excluding hydrogens is 393 g/mol. The van der Waals surface area contributed by atoms with Gasteiger partial charge in [-0.1, -0.05) is 13.8 Å². The van der Waals surface area contributed by atoms with Crippen LogP contribution in [0.25, 0.3) is 10.4 Å². The highest BCUT2D eigenvalue weighted by molar-refractivity contribution is 7.16. The summed E-state index contributed by atoms with van der Waals surface area (Å²) < 4.78 is 41.6. The molecule has 3 rings (SSSR count). The molecule has 0 fully saturated rings. The minimum absolute atomic E-state index is 0.00158. The van der Waals surface area contributed by atoms with Gasteiger partial charge in [-0.05, 0) is 59.6 Å². The van der Waals surface area contributed by atoms with Gasteiger partial charge in [0.1, 0.15) is 5.75 Å². The number of alkyl halides is 3. The number of carboxylic acids is 1. The first kappa shape index (κ1) is 20.6. The van der Waals surface area contributed by atoms with Gasteiger partial charge in [0.2, 0.25) is 0 Å². The largest absolute Gasteiger partial charge is 0.573 e. The lowest BCUT2D eigenvalue weighted by Gasteiger charge is -2.29. The van der Waals surface area contributed by atoms with Crippen molar-refractivity contribution in [3.63, 3.8) is 0 Å². The third kappa shape index (κ3) is 4.31. The molecule has 2 aromatic rings. The Morgan fingerprint density at radius 1 is 1.39 bits per heavy atom. The Labute approximate surface area is 164 Å². The summed E-state index contributed by atoms with van der Waals surface area (Å²) in [5.41, 5.74) is 4.47. The van der Waals surface area contributed by atoms with Gasteiger partial charge in [0, 0.05) is 16.3 Å². The molecule has 152 valence electrons. The number of thiophene rings is 1. The zero-order valence-corrected chi connectivity index (χ0v) is 16.3. The van der Waals surface area contributed by atoms with E-state index in [4.69, 9.17) is 5.84 Å². The maximum Gasteiger partial charge on any atom is 0.573 e. The van der Waals surface area contributed by atoms with Crippen molar-refractivity contribution in [1.29, 1.82) is 0 Å². The highest BCUT2D eigenvalue weighted by Crippen LogP contribution is 2.46.